The molecule has 1 aliphatic heterocycles. The Morgan fingerprint density at radius 3 is 2.66 bits per heavy atom. The van der Waals surface area contributed by atoms with E-state index in [1.165, 1.54) is 23.5 Å². The molecule has 8 heteroatoms. The monoisotopic (exact) mass is 450 g/mol. The summed E-state index contributed by atoms with van der Waals surface area (Å²) in [6.45, 7) is 2.96. The molecule has 164 valence electrons. The molecule has 32 heavy (non-hydrogen) atoms. The van der Waals surface area contributed by atoms with Crippen LogP contribution in [0.5, 0.6) is 5.75 Å². The molecule has 3 heterocycles. The van der Waals surface area contributed by atoms with E-state index in [1.54, 1.807) is 19.2 Å². The minimum atomic E-state index is -0.271. The van der Waals surface area contributed by atoms with Gasteiger partial charge in [-0.2, -0.15) is 0 Å². The number of amides is 1. The molecule has 0 atom stereocenters. The van der Waals surface area contributed by atoms with Gasteiger partial charge in [-0.15, -0.1) is 11.3 Å². The van der Waals surface area contributed by atoms with Gasteiger partial charge in [0, 0.05) is 60.8 Å². The number of piperazine rings is 1. The van der Waals surface area contributed by atoms with Crippen molar-refractivity contribution in [2.75, 3.05) is 38.2 Å². The number of thiazole rings is 1. The van der Waals surface area contributed by atoms with E-state index in [9.17, 15) is 9.18 Å². The number of aromatic nitrogens is 2. The van der Waals surface area contributed by atoms with Crippen molar-refractivity contribution in [3.8, 4) is 17.0 Å². The van der Waals surface area contributed by atoms with Crippen LogP contribution in [0.25, 0.3) is 16.2 Å². The number of hydrogen-bond acceptors (Lipinski definition) is 5. The molecular weight excluding hydrogens is 427 g/mol. The maximum absolute atomic E-state index is 13.2. The van der Waals surface area contributed by atoms with Gasteiger partial charge in [0.2, 0.25) is 5.91 Å². The number of rotatable bonds is 5. The van der Waals surface area contributed by atoms with Crippen LogP contribution in [0.1, 0.15) is 5.69 Å². The van der Waals surface area contributed by atoms with Crippen LogP contribution in [0.15, 0.2) is 60.1 Å². The van der Waals surface area contributed by atoms with Crippen molar-refractivity contribution in [3.63, 3.8) is 0 Å². The predicted octanol–water partition coefficient (Wildman–Crippen LogP) is 4.10. The quantitative estimate of drug-likeness (QED) is 0.459. The molecule has 2 aromatic carbocycles. The molecule has 1 fully saturated rings. The second-order valence-electron chi connectivity index (χ2n) is 7.76. The van der Waals surface area contributed by atoms with Crippen molar-refractivity contribution >= 4 is 27.9 Å². The van der Waals surface area contributed by atoms with Crippen molar-refractivity contribution in [1.29, 1.82) is 0 Å². The molecule has 4 aromatic rings. The van der Waals surface area contributed by atoms with E-state index in [2.05, 4.69) is 16.0 Å². The molecule has 2 aromatic heterocycles. The standard InChI is InChI=1S/C24H23FN4O2S/c1-31-21-4-2-3-19(13-21)27-9-11-28(12-10-27)23(30)14-20-16-32-24-26-22(15-29(20)24)17-5-7-18(25)8-6-17/h2-8,13,15-16H,9-12,14H2,1H3. The summed E-state index contributed by atoms with van der Waals surface area (Å²) >= 11 is 1.51. The van der Waals surface area contributed by atoms with Crippen LogP contribution in [0.3, 0.4) is 0 Å². The van der Waals surface area contributed by atoms with E-state index in [0.29, 0.717) is 19.5 Å². The number of methoxy groups -OCH3 is 1. The number of benzene rings is 2. The minimum Gasteiger partial charge on any atom is -0.497 e. The molecule has 5 rings (SSSR count). The Balaban J connectivity index is 1.25. The second kappa shape index (κ2) is 8.63. The third-order valence-electron chi connectivity index (χ3n) is 5.81. The number of carbonyl (C=O) groups is 1. The largest absolute Gasteiger partial charge is 0.497 e. The number of nitrogens with zero attached hydrogens (tertiary/aromatic N) is 4. The van der Waals surface area contributed by atoms with Crippen LogP contribution >= 0.6 is 11.3 Å². The highest BCUT2D eigenvalue weighted by atomic mass is 32.1. The Hall–Kier alpha value is -3.39. The summed E-state index contributed by atoms with van der Waals surface area (Å²) in [4.78, 5) is 22.6. The molecule has 0 N–H and O–H groups in total. The SMILES string of the molecule is COc1cccc(N2CCN(C(=O)Cc3csc4nc(-c5ccc(F)cc5)cn34)CC2)c1. The number of ether oxygens (including phenoxy) is 1. The molecule has 0 radical (unpaired) electrons. The average Bonchev–Trinajstić information content (AvgIpc) is 3.41. The van der Waals surface area contributed by atoms with E-state index < -0.39 is 0 Å². The average molecular weight is 451 g/mol. The van der Waals surface area contributed by atoms with E-state index >= 15 is 0 Å². The molecule has 0 bridgehead atoms. The fourth-order valence-corrected chi connectivity index (χ4v) is 4.88. The first kappa shape index (κ1) is 20.5. The van der Waals surface area contributed by atoms with Gasteiger partial charge >= 0.3 is 0 Å². The smallest absolute Gasteiger partial charge is 0.228 e. The highest BCUT2D eigenvalue weighted by molar-refractivity contribution is 7.15. The summed E-state index contributed by atoms with van der Waals surface area (Å²) in [7, 11) is 1.67. The Kier molecular flexibility index (Phi) is 5.53. The number of halogens is 1. The molecule has 1 amide bonds. The number of fused-ring (bicyclic) bond motifs is 1. The lowest BCUT2D eigenvalue weighted by atomic mass is 10.2. The lowest BCUT2D eigenvalue weighted by molar-refractivity contribution is -0.130. The highest BCUT2D eigenvalue weighted by Crippen LogP contribution is 2.25. The topological polar surface area (TPSA) is 50.1 Å². The summed E-state index contributed by atoms with van der Waals surface area (Å²) in [6.07, 6.45) is 2.25. The van der Waals surface area contributed by atoms with Gasteiger partial charge in [0.05, 0.1) is 19.2 Å². The first-order valence-corrected chi connectivity index (χ1v) is 11.4. The summed E-state index contributed by atoms with van der Waals surface area (Å²) < 4.78 is 20.5. The molecule has 1 saturated heterocycles. The van der Waals surface area contributed by atoms with E-state index in [0.717, 1.165) is 46.4 Å². The Morgan fingerprint density at radius 1 is 1.12 bits per heavy atom. The molecule has 1 aliphatic rings. The van der Waals surface area contributed by atoms with Gasteiger partial charge in [-0.25, -0.2) is 9.37 Å². The number of anilines is 1. The van der Waals surface area contributed by atoms with Crippen molar-refractivity contribution < 1.29 is 13.9 Å². The molecular formula is C24H23FN4O2S. The number of carbonyl (C=O) groups excluding carboxylic acids is 1. The first-order chi connectivity index (χ1) is 15.6. The van der Waals surface area contributed by atoms with Gasteiger partial charge in [-0.05, 0) is 36.4 Å². The summed E-state index contributed by atoms with van der Waals surface area (Å²) in [5.74, 6) is 0.683. The van der Waals surface area contributed by atoms with Crippen LogP contribution in [0.2, 0.25) is 0 Å². The Morgan fingerprint density at radius 2 is 1.91 bits per heavy atom. The zero-order valence-corrected chi connectivity index (χ0v) is 18.5. The third kappa shape index (κ3) is 4.05. The Bertz CT molecular complexity index is 1240. The van der Waals surface area contributed by atoms with Gasteiger partial charge in [0.15, 0.2) is 4.96 Å². The van der Waals surface area contributed by atoms with Crippen molar-refractivity contribution in [1.82, 2.24) is 14.3 Å². The van der Waals surface area contributed by atoms with Crippen LogP contribution < -0.4 is 9.64 Å². The van der Waals surface area contributed by atoms with Gasteiger partial charge in [0.1, 0.15) is 11.6 Å². The van der Waals surface area contributed by atoms with Gasteiger partial charge < -0.3 is 14.5 Å². The summed E-state index contributed by atoms with van der Waals surface area (Å²) in [5.41, 5.74) is 3.67. The van der Waals surface area contributed by atoms with Crippen LogP contribution in [0.4, 0.5) is 10.1 Å². The maximum atomic E-state index is 13.2. The summed E-state index contributed by atoms with van der Waals surface area (Å²) in [6, 6.07) is 14.3. The molecule has 0 aliphatic carbocycles. The zero-order valence-electron chi connectivity index (χ0n) is 17.7. The van der Waals surface area contributed by atoms with E-state index in [4.69, 9.17) is 4.74 Å². The highest BCUT2D eigenvalue weighted by Gasteiger charge is 2.23. The third-order valence-corrected chi connectivity index (χ3v) is 6.70. The van der Waals surface area contributed by atoms with Crippen molar-refractivity contribution in [3.05, 3.63) is 71.6 Å². The van der Waals surface area contributed by atoms with Crippen LogP contribution in [-0.4, -0.2) is 53.5 Å². The molecule has 0 spiro atoms. The zero-order chi connectivity index (χ0) is 22.1. The van der Waals surface area contributed by atoms with Crippen LogP contribution in [-0.2, 0) is 11.2 Å². The summed E-state index contributed by atoms with van der Waals surface area (Å²) in [5, 5.41) is 1.99. The van der Waals surface area contributed by atoms with Crippen LogP contribution in [0, 0.1) is 5.82 Å². The minimum absolute atomic E-state index is 0.118. The second-order valence-corrected chi connectivity index (χ2v) is 8.60. The van der Waals surface area contributed by atoms with Crippen molar-refractivity contribution in [2.24, 2.45) is 0 Å². The fraction of sp³-hybridized carbons (Fsp3) is 0.250. The molecule has 0 saturated carbocycles. The molecule has 0 unspecified atom stereocenters. The lowest BCUT2D eigenvalue weighted by Crippen LogP contribution is -2.49. The van der Waals surface area contributed by atoms with Gasteiger partial charge in [-0.3, -0.25) is 9.20 Å². The van der Waals surface area contributed by atoms with Gasteiger partial charge in [0.25, 0.3) is 0 Å². The number of hydrogen-bond donors (Lipinski definition) is 0. The fourth-order valence-electron chi connectivity index (χ4n) is 4.00. The van der Waals surface area contributed by atoms with E-state index in [1.807, 2.05) is 39.1 Å². The maximum Gasteiger partial charge on any atom is 0.228 e. The predicted molar refractivity (Wildman–Crippen MR) is 124 cm³/mol. The first-order valence-electron chi connectivity index (χ1n) is 10.5. The normalized spacial score (nSPS) is 14.2. The number of imidazole rings is 1. The van der Waals surface area contributed by atoms with Crippen molar-refractivity contribution in [2.45, 2.75) is 6.42 Å². The lowest BCUT2D eigenvalue weighted by Gasteiger charge is -2.36. The van der Waals surface area contributed by atoms with E-state index in [-0.39, 0.29) is 11.7 Å². The van der Waals surface area contributed by atoms with Gasteiger partial charge in [-0.1, -0.05) is 6.07 Å². The molecule has 6 nitrogen and oxygen atoms in total. The Labute approximate surface area is 189 Å².